The number of benzene rings is 4. The van der Waals surface area contributed by atoms with Crippen LogP contribution in [0.1, 0.15) is 60.7 Å². The number of aromatic nitrogens is 8. The molecule has 17 nitrogen and oxygen atoms in total. The van der Waals surface area contributed by atoms with Crippen LogP contribution in [-0.2, 0) is 4.74 Å². The molecule has 0 spiro atoms. The summed E-state index contributed by atoms with van der Waals surface area (Å²) in [7, 11) is 0. The van der Waals surface area contributed by atoms with Gasteiger partial charge < -0.3 is 29.4 Å². The number of carbonyl (C=O) groups is 3. The number of pyridine rings is 2. The SMILES string of the molecule is CC(C)(C)OC(=O)N1CCN(C(=O)c2ccc(-n3cc(-c4cc5ccccc5[nH]c4=O)nn3)cc2)CC1.O=C(c1ccc(-n2cc(-c3cc4ccccc4[nH]c3=O)nn2)cc1)N1CCCCC1. The van der Waals surface area contributed by atoms with Gasteiger partial charge in [0.2, 0.25) is 0 Å². The monoisotopic (exact) mass is 899 g/mol. The largest absolute Gasteiger partial charge is 0.444 e. The number of aromatic amines is 2. The zero-order valence-electron chi connectivity index (χ0n) is 37.4. The van der Waals surface area contributed by atoms with Gasteiger partial charge in [0.25, 0.3) is 22.9 Å². The summed E-state index contributed by atoms with van der Waals surface area (Å²) in [6.07, 6.45) is 6.38. The Bertz CT molecular complexity index is 3210. The zero-order valence-corrected chi connectivity index (χ0v) is 37.4. The Morgan fingerprint density at radius 2 is 0.955 bits per heavy atom. The first-order valence-corrected chi connectivity index (χ1v) is 22.2. The number of amides is 3. The lowest BCUT2D eigenvalue weighted by Gasteiger charge is -2.35. The van der Waals surface area contributed by atoms with Crippen molar-refractivity contribution in [3.05, 3.63) is 153 Å². The van der Waals surface area contributed by atoms with Gasteiger partial charge in [0.15, 0.2) is 0 Å². The van der Waals surface area contributed by atoms with Crippen molar-refractivity contribution in [3.8, 4) is 33.9 Å². The molecule has 2 saturated heterocycles. The van der Waals surface area contributed by atoms with Crippen molar-refractivity contribution in [3.63, 3.8) is 0 Å². The Kier molecular flexibility index (Phi) is 12.3. The van der Waals surface area contributed by atoms with Gasteiger partial charge in [-0.15, -0.1) is 10.2 Å². The summed E-state index contributed by atoms with van der Waals surface area (Å²) < 4.78 is 8.60. The van der Waals surface area contributed by atoms with Crippen LogP contribution in [0, 0.1) is 0 Å². The number of nitrogens with one attached hydrogen (secondary N) is 2. The molecule has 340 valence electrons. The predicted octanol–water partition coefficient (Wildman–Crippen LogP) is 6.87. The fourth-order valence-corrected chi connectivity index (χ4v) is 8.10. The molecule has 17 heteroatoms. The maximum Gasteiger partial charge on any atom is 0.410 e. The van der Waals surface area contributed by atoms with Gasteiger partial charge >= 0.3 is 6.09 Å². The molecule has 2 N–H and O–H groups in total. The molecule has 0 unspecified atom stereocenters. The number of nitrogens with zero attached hydrogens (tertiary/aromatic N) is 9. The molecule has 4 aromatic heterocycles. The minimum Gasteiger partial charge on any atom is -0.444 e. The number of carbonyl (C=O) groups excluding carboxylic acids is 3. The number of ether oxygens (including phenoxy) is 1. The number of fused-ring (bicyclic) bond motifs is 2. The summed E-state index contributed by atoms with van der Waals surface area (Å²) in [6.45, 7) is 8.87. The number of hydrogen-bond donors (Lipinski definition) is 2. The average molecular weight is 900 g/mol. The van der Waals surface area contributed by atoms with Crippen molar-refractivity contribution in [2.24, 2.45) is 0 Å². The van der Waals surface area contributed by atoms with Gasteiger partial charge in [-0.3, -0.25) is 19.2 Å². The van der Waals surface area contributed by atoms with Crippen LogP contribution in [0.15, 0.2) is 131 Å². The van der Waals surface area contributed by atoms with Gasteiger partial charge in [-0.05, 0) is 124 Å². The minimum absolute atomic E-state index is 0.0724. The summed E-state index contributed by atoms with van der Waals surface area (Å²) in [5.74, 6) is -0.0272. The van der Waals surface area contributed by atoms with E-state index in [0.29, 0.717) is 65.5 Å². The van der Waals surface area contributed by atoms with Gasteiger partial charge in [-0.25, -0.2) is 14.2 Å². The van der Waals surface area contributed by atoms with Crippen LogP contribution in [0.5, 0.6) is 0 Å². The van der Waals surface area contributed by atoms with Crippen molar-refractivity contribution in [2.75, 3.05) is 39.3 Å². The fraction of sp³-hybridized carbons (Fsp3) is 0.260. The third-order valence-corrected chi connectivity index (χ3v) is 11.7. The van der Waals surface area contributed by atoms with Crippen LogP contribution in [0.2, 0.25) is 0 Å². The molecule has 2 aliphatic rings. The minimum atomic E-state index is -0.554. The van der Waals surface area contributed by atoms with Crippen molar-refractivity contribution >= 4 is 39.7 Å². The van der Waals surface area contributed by atoms with Crippen LogP contribution in [0.3, 0.4) is 0 Å². The number of rotatable bonds is 6. The highest BCUT2D eigenvalue weighted by Crippen LogP contribution is 2.22. The first-order valence-electron chi connectivity index (χ1n) is 22.2. The maximum absolute atomic E-state index is 13.0. The van der Waals surface area contributed by atoms with Crippen molar-refractivity contribution in [1.82, 2.24) is 54.7 Å². The van der Waals surface area contributed by atoms with Gasteiger partial charge in [0.05, 0.1) is 34.9 Å². The highest BCUT2D eigenvalue weighted by Gasteiger charge is 2.28. The first-order chi connectivity index (χ1) is 32.4. The van der Waals surface area contributed by atoms with Crippen molar-refractivity contribution < 1.29 is 19.1 Å². The molecule has 10 rings (SSSR count). The third-order valence-electron chi connectivity index (χ3n) is 11.7. The first kappa shape index (κ1) is 44.0. The average Bonchev–Trinajstić information content (AvgIpc) is 4.05. The van der Waals surface area contributed by atoms with E-state index in [2.05, 4.69) is 30.6 Å². The second-order valence-corrected chi connectivity index (χ2v) is 17.5. The van der Waals surface area contributed by atoms with Crippen LogP contribution >= 0.6 is 0 Å². The molecule has 2 aliphatic heterocycles. The quantitative estimate of drug-likeness (QED) is 0.178. The molecule has 8 aromatic rings. The van der Waals surface area contributed by atoms with Crippen molar-refractivity contribution in [1.29, 1.82) is 0 Å². The second-order valence-electron chi connectivity index (χ2n) is 17.5. The normalized spacial score (nSPS) is 14.2. The predicted molar refractivity (Wildman–Crippen MR) is 253 cm³/mol. The van der Waals surface area contributed by atoms with E-state index < -0.39 is 5.60 Å². The third kappa shape index (κ3) is 9.90. The maximum atomic E-state index is 13.0. The van der Waals surface area contributed by atoms with E-state index in [0.717, 1.165) is 53.4 Å². The number of likely N-dealkylation sites (tertiary alicyclic amines) is 1. The van der Waals surface area contributed by atoms with Gasteiger partial charge in [0, 0.05) is 61.4 Å². The molecule has 0 atom stereocenters. The number of hydrogen-bond acceptors (Lipinski definition) is 10. The standard InChI is InChI=1S/C27H28N6O4.C23H21N5O2/c1-27(2,3)37-26(36)32-14-12-31(13-15-32)25(35)18-8-10-20(11-9-18)33-17-23(29-30-33)21-16-19-6-4-5-7-22(19)28-24(21)34;29-22-19(14-17-6-2-3-7-20(17)24-22)21-15-28(26-25-21)18-10-8-16(9-11-18)23(30)27-12-4-1-5-13-27/h4-11,16-17H,12-15H2,1-3H3,(H,28,34);2-3,6-11,14-15H,1,4-5,12-13H2,(H,24,29). The lowest BCUT2D eigenvalue weighted by atomic mass is 10.1. The Labute approximate surface area is 384 Å². The Balaban J connectivity index is 0.000000171. The van der Waals surface area contributed by atoms with Gasteiger partial charge in [-0.1, -0.05) is 46.8 Å². The molecule has 0 bridgehead atoms. The molecule has 3 amide bonds. The van der Waals surface area contributed by atoms with Crippen LogP contribution in [0.4, 0.5) is 4.79 Å². The van der Waals surface area contributed by atoms with Crippen molar-refractivity contribution in [2.45, 2.75) is 45.6 Å². The smallest absolute Gasteiger partial charge is 0.410 e. The van der Waals surface area contributed by atoms with Gasteiger partial charge in [-0.2, -0.15) is 0 Å². The van der Waals surface area contributed by atoms with E-state index in [4.69, 9.17) is 4.74 Å². The Morgan fingerprint density at radius 3 is 1.40 bits per heavy atom. The molecular weight excluding hydrogens is 851 g/mol. The second kappa shape index (κ2) is 18.7. The lowest BCUT2D eigenvalue weighted by molar-refractivity contribution is 0.0141. The highest BCUT2D eigenvalue weighted by molar-refractivity contribution is 5.95. The summed E-state index contributed by atoms with van der Waals surface area (Å²) in [5.41, 5.74) is 5.10. The number of H-pyrrole nitrogens is 2. The molecule has 0 saturated carbocycles. The van der Waals surface area contributed by atoms with E-state index in [1.165, 1.54) is 6.42 Å². The van der Waals surface area contributed by atoms with Crippen LogP contribution in [0.25, 0.3) is 55.7 Å². The molecule has 4 aromatic carbocycles. The van der Waals surface area contributed by atoms with E-state index in [1.807, 2.05) is 105 Å². The zero-order chi connectivity index (χ0) is 46.7. The topological polar surface area (TPSA) is 197 Å². The van der Waals surface area contributed by atoms with E-state index >= 15 is 0 Å². The molecule has 6 heterocycles. The van der Waals surface area contributed by atoms with E-state index in [9.17, 15) is 24.0 Å². The lowest BCUT2D eigenvalue weighted by Crippen LogP contribution is -2.51. The number of para-hydroxylation sites is 2. The molecule has 0 aliphatic carbocycles. The molecular formula is C50H49N11O6. The van der Waals surface area contributed by atoms with Crippen LogP contribution < -0.4 is 11.1 Å². The molecule has 0 radical (unpaired) electrons. The van der Waals surface area contributed by atoms with Gasteiger partial charge in [0.1, 0.15) is 17.0 Å². The Hall–Kier alpha value is -8.21. The summed E-state index contributed by atoms with van der Waals surface area (Å²) in [5, 5.41) is 18.5. The number of piperazine rings is 1. The molecule has 67 heavy (non-hydrogen) atoms. The summed E-state index contributed by atoms with van der Waals surface area (Å²) in [6, 6.07) is 33.2. The number of piperidine rings is 1. The fourth-order valence-electron chi connectivity index (χ4n) is 8.10. The summed E-state index contributed by atoms with van der Waals surface area (Å²) >= 11 is 0. The van der Waals surface area contributed by atoms with E-state index in [-0.39, 0.29) is 29.0 Å². The van der Waals surface area contributed by atoms with Crippen LogP contribution in [-0.4, -0.2) is 117 Å². The Morgan fingerprint density at radius 1 is 0.537 bits per heavy atom. The summed E-state index contributed by atoms with van der Waals surface area (Å²) in [4.78, 5) is 74.0. The molecule has 2 fully saturated rings. The van der Waals surface area contributed by atoms with E-state index in [1.54, 1.807) is 61.9 Å². The highest BCUT2D eigenvalue weighted by atomic mass is 16.6.